The van der Waals surface area contributed by atoms with Crippen LogP contribution in [-0.4, -0.2) is 28.0 Å². The van der Waals surface area contributed by atoms with Gasteiger partial charge < -0.3 is 9.42 Å². The highest BCUT2D eigenvalue weighted by Gasteiger charge is 2.15. The van der Waals surface area contributed by atoms with Crippen LogP contribution in [0.1, 0.15) is 11.5 Å². The number of hydrogen-bond donors (Lipinski definition) is 0. The molecule has 0 bridgehead atoms. The van der Waals surface area contributed by atoms with Crippen LogP contribution in [-0.2, 0) is 17.8 Å². The van der Waals surface area contributed by atoms with Gasteiger partial charge in [-0.25, -0.2) is 0 Å². The highest BCUT2D eigenvalue weighted by Crippen LogP contribution is 2.21. The Labute approximate surface area is 142 Å². The smallest absolute Gasteiger partial charge is 0.246 e. The molecule has 0 aliphatic carbocycles. The van der Waals surface area contributed by atoms with Crippen molar-refractivity contribution in [3.05, 3.63) is 58.3 Å². The van der Waals surface area contributed by atoms with Crippen molar-refractivity contribution in [1.82, 2.24) is 15.0 Å². The lowest BCUT2D eigenvalue weighted by atomic mass is 10.1. The number of carbonyl (C=O) groups excluding carboxylic acids is 1. The summed E-state index contributed by atoms with van der Waals surface area (Å²) in [6.07, 6.45) is 0.281. The van der Waals surface area contributed by atoms with Gasteiger partial charge >= 0.3 is 0 Å². The number of thiophene rings is 1. The number of rotatable bonds is 5. The molecule has 0 aliphatic rings. The summed E-state index contributed by atoms with van der Waals surface area (Å²) in [4.78, 5) is 19.1. The van der Waals surface area contributed by atoms with Crippen LogP contribution >= 0.6 is 22.9 Å². The van der Waals surface area contributed by atoms with Gasteiger partial charge in [-0.15, -0.1) is 11.3 Å². The molecule has 5 nitrogen and oxygen atoms in total. The topological polar surface area (TPSA) is 59.2 Å². The molecule has 0 fully saturated rings. The average molecular weight is 348 g/mol. The monoisotopic (exact) mass is 347 g/mol. The van der Waals surface area contributed by atoms with Crippen LogP contribution in [0, 0.1) is 0 Å². The van der Waals surface area contributed by atoms with Gasteiger partial charge in [0.2, 0.25) is 17.6 Å². The predicted molar refractivity (Wildman–Crippen MR) is 89.2 cm³/mol. The third-order valence-electron chi connectivity index (χ3n) is 3.25. The van der Waals surface area contributed by atoms with E-state index in [1.807, 2.05) is 29.6 Å². The largest absolute Gasteiger partial charge is 0.337 e. The van der Waals surface area contributed by atoms with Gasteiger partial charge in [-0.1, -0.05) is 35.0 Å². The fourth-order valence-corrected chi connectivity index (χ4v) is 2.93. The van der Waals surface area contributed by atoms with Crippen LogP contribution in [0.5, 0.6) is 0 Å². The Balaban J connectivity index is 1.62. The molecule has 0 radical (unpaired) electrons. The average Bonchev–Trinajstić information content (AvgIpc) is 3.17. The molecule has 0 aliphatic heterocycles. The van der Waals surface area contributed by atoms with Gasteiger partial charge in [0.1, 0.15) is 0 Å². The number of hydrogen-bond acceptors (Lipinski definition) is 5. The van der Waals surface area contributed by atoms with Gasteiger partial charge in [0.25, 0.3) is 0 Å². The minimum atomic E-state index is -0.0388. The molecule has 23 heavy (non-hydrogen) atoms. The van der Waals surface area contributed by atoms with E-state index in [0.717, 1.165) is 10.4 Å². The van der Waals surface area contributed by atoms with Crippen molar-refractivity contribution >= 4 is 28.8 Å². The second kappa shape index (κ2) is 6.93. The van der Waals surface area contributed by atoms with E-state index in [9.17, 15) is 4.79 Å². The number of halogens is 1. The van der Waals surface area contributed by atoms with Crippen molar-refractivity contribution in [3.63, 3.8) is 0 Å². The zero-order valence-electron chi connectivity index (χ0n) is 12.4. The standard InChI is InChI=1S/C16H14ClN3O2S/c1-20(15(21)9-11-4-2-5-12(17)8-11)10-14-18-16(19-22-14)13-6-3-7-23-13/h2-8H,9-10H2,1H3. The molecule has 0 N–H and O–H groups in total. The van der Waals surface area contributed by atoms with Crippen LogP contribution in [0.3, 0.4) is 0 Å². The first-order chi connectivity index (χ1) is 11.1. The minimum Gasteiger partial charge on any atom is -0.337 e. The number of nitrogens with zero attached hydrogens (tertiary/aromatic N) is 3. The Bertz CT molecular complexity index is 801. The fourth-order valence-electron chi connectivity index (χ4n) is 2.07. The number of carbonyl (C=O) groups is 1. The van der Waals surface area contributed by atoms with E-state index in [1.165, 1.54) is 11.3 Å². The Morgan fingerprint density at radius 1 is 1.35 bits per heavy atom. The SMILES string of the molecule is CN(Cc1nc(-c2cccs2)no1)C(=O)Cc1cccc(Cl)c1. The quantitative estimate of drug-likeness (QED) is 0.706. The first-order valence-corrected chi connectivity index (χ1v) is 8.22. The molecule has 2 heterocycles. The molecule has 2 aromatic heterocycles. The maximum Gasteiger partial charge on any atom is 0.246 e. The van der Waals surface area contributed by atoms with Crippen molar-refractivity contribution in [2.75, 3.05) is 7.05 Å². The molecule has 0 atom stereocenters. The summed E-state index contributed by atoms with van der Waals surface area (Å²) in [5.74, 6) is 0.921. The molecule has 7 heteroatoms. The molecule has 0 unspecified atom stereocenters. The Morgan fingerprint density at radius 2 is 2.22 bits per heavy atom. The Morgan fingerprint density at radius 3 is 2.96 bits per heavy atom. The third-order valence-corrected chi connectivity index (χ3v) is 4.35. The first kappa shape index (κ1) is 15.7. The van der Waals surface area contributed by atoms with Gasteiger partial charge in [-0.2, -0.15) is 4.98 Å². The summed E-state index contributed by atoms with van der Waals surface area (Å²) in [6.45, 7) is 0.276. The lowest BCUT2D eigenvalue weighted by molar-refractivity contribution is -0.130. The van der Waals surface area contributed by atoms with E-state index in [0.29, 0.717) is 16.7 Å². The molecule has 0 saturated carbocycles. The van der Waals surface area contributed by atoms with Crippen LogP contribution in [0.4, 0.5) is 0 Å². The maximum absolute atomic E-state index is 12.3. The number of amides is 1. The molecule has 0 saturated heterocycles. The van der Waals surface area contributed by atoms with E-state index < -0.39 is 0 Å². The van der Waals surface area contributed by atoms with Gasteiger partial charge in [0.05, 0.1) is 17.8 Å². The van der Waals surface area contributed by atoms with Crippen molar-refractivity contribution in [2.24, 2.45) is 0 Å². The predicted octanol–water partition coefficient (Wildman–Crippen LogP) is 3.65. The van der Waals surface area contributed by atoms with Crippen molar-refractivity contribution in [3.8, 4) is 10.7 Å². The summed E-state index contributed by atoms with van der Waals surface area (Å²) in [5.41, 5.74) is 0.874. The van der Waals surface area contributed by atoms with E-state index in [-0.39, 0.29) is 18.9 Å². The molecule has 3 aromatic rings. The van der Waals surface area contributed by atoms with Crippen LogP contribution in [0.15, 0.2) is 46.3 Å². The third kappa shape index (κ3) is 3.97. The normalized spacial score (nSPS) is 10.7. The summed E-state index contributed by atoms with van der Waals surface area (Å²) in [7, 11) is 1.71. The lowest BCUT2D eigenvalue weighted by Gasteiger charge is -2.14. The van der Waals surface area contributed by atoms with Crippen LogP contribution in [0.2, 0.25) is 5.02 Å². The summed E-state index contributed by atoms with van der Waals surface area (Å²) < 4.78 is 5.21. The summed E-state index contributed by atoms with van der Waals surface area (Å²) in [6, 6.07) is 11.1. The maximum atomic E-state index is 12.3. The molecule has 118 valence electrons. The zero-order valence-corrected chi connectivity index (χ0v) is 14.0. The Kier molecular flexibility index (Phi) is 4.73. The molecule has 0 spiro atoms. The van der Waals surface area contributed by atoms with Gasteiger partial charge in [0, 0.05) is 12.1 Å². The zero-order chi connectivity index (χ0) is 16.2. The summed E-state index contributed by atoms with van der Waals surface area (Å²) in [5, 5.41) is 6.51. The number of aromatic nitrogens is 2. The summed E-state index contributed by atoms with van der Waals surface area (Å²) >= 11 is 7.47. The van der Waals surface area contributed by atoms with Crippen molar-refractivity contribution in [2.45, 2.75) is 13.0 Å². The second-order valence-corrected chi connectivity index (χ2v) is 6.43. The highest BCUT2D eigenvalue weighted by atomic mass is 35.5. The molecule has 3 rings (SSSR count). The van der Waals surface area contributed by atoms with Gasteiger partial charge in [0.15, 0.2) is 0 Å². The lowest BCUT2D eigenvalue weighted by Crippen LogP contribution is -2.27. The van der Waals surface area contributed by atoms with Crippen LogP contribution < -0.4 is 0 Å². The molecule has 1 amide bonds. The van der Waals surface area contributed by atoms with Gasteiger partial charge in [-0.05, 0) is 29.1 Å². The number of likely N-dealkylation sites (N-methyl/N-ethyl adjacent to an activating group) is 1. The second-order valence-electron chi connectivity index (χ2n) is 5.05. The molecular weight excluding hydrogens is 334 g/mol. The molecule has 1 aromatic carbocycles. The van der Waals surface area contributed by atoms with Crippen molar-refractivity contribution < 1.29 is 9.32 Å². The Hall–Kier alpha value is -2.18. The van der Waals surface area contributed by atoms with Crippen molar-refractivity contribution in [1.29, 1.82) is 0 Å². The van der Waals surface area contributed by atoms with Gasteiger partial charge in [-0.3, -0.25) is 4.79 Å². The molecular formula is C16H14ClN3O2S. The van der Waals surface area contributed by atoms with E-state index in [1.54, 1.807) is 24.1 Å². The van der Waals surface area contributed by atoms with E-state index in [4.69, 9.17) is 16.1 Å². The van der Waals surface area contributed by atoms with E-state index >= 15 is 0 Å². The minimum absolute atomic E-state index is 0.0388. The number of benzene rings is 1. The van der Waals surface area contributed by atoms with Crippen LogP contribution in [0.25, 0.3) is 10.7 Å². The highest BCUT2D eigenvalue weighted by molar-refractivity contribution is 7.13. The first-order valence-electron chi connectivity index (χ1n) is 6.96. The van der Waals surface area contributed by atoms with E-state index in [2.05, 4.69) is 10.1 Å². The fraction of sp³-hybridized carbons (Fsp3) is 0.188.